The topological polar surface area (TPSA) is 83.2 Å². The molecule has 0 spiro atoms. The van der Waals surface area contributed by atoms with Gasteiger partial charge in [0.2, 0.25) is 0 Å². The second-order valence-electron chi connectivity index (χ2n) is 7.96. The number of hydrogen-bond acceptors (Lipinski definition) is 4. The Balaban J connectivity index is 1.62. The van der Waals surface area contributed by atoms with Gasteiger partial charge in [0.15, 0.2) is 17.3 Å². The number of rotatable bonds is 6. The Morgan fingerprint density at radius 2 is 2.07 bits per heavy atom. The normalized spacial score (nSPS) is 13.9. The first-order valence-corrected chi connectivity index (χ1v) is 9.47. The summed E-state index contributed by atoms with van der Waals surface area (Å²) in [6.07, 6.45) is 3.51. The van der Waals surface area contributed by atoms with Gasteiger partial charge in [0.1, 0.15) is 6.61 Å². The number of carbonyl (C=O) groups is 2. The van der Waals surface area contributed by atoms with E-state index < -0.39 is 11.7 Å². The van der Waals surface area contributed by atoms with Crippen LogP contribution in [-0.4, -0.2) is 35.4 Å². The smallest absolute Gasteiger partial charge is 0.257 e. The minimum atomic E-state index is -0.555. The maximum Gasteiger partial charge on any atom is 0.257 e. The average molecular weight is 387 g/mol. The zero-order valence-electron chi connectivity index (χ0n) is 16.4. The summed E-state index contributed by atoms with van der Waals surface area (Å²) >= 11 is 0. The molecule has 0 saturated carbocycles. The molecule has 6 nitrogen and oxygen atoms in total. The zero-order valence-corrected chi connectivity index (χ0v) is 16.4. The third-order valence-electron chi connectivity index (χ3n) is 4.52. The molecule has 1 aromatic heterocycles. The molecule has 3 rings (SSSR count). The molecule has 1 heterocycles. The number of amides is 1. The Morgan fingerprint density at radius 1 is 1.29 bits per heavy atom. The molecule has 0 fully saturated rings. The van der Waals surface area contributed by atoms with Crippen molar-refractivity contribution < 1.29 is 18.7 Å². The number of benzene rings is 1. The number of carbonyl (C=O) groups excluding carboxylic acids is 2. The van der Waals surface area contributed by atoms with Gasteiger partial charge in [-0.3, -0.25) is 9.59 Å². The first-order valence-electron chi connectivity index (χ1n) is 9.47. The van der Waals surface area contributed by atoms with Crippen LogP contribution in [0.15, 0.2) is 24.4 Å². The molecular weight excluding hydrogens is 361 g/mol. The molecule has 28 heavy (non-hydrogen) atoms. The predicted molar refractivity (Wildman–Crippen MR) is 106 cm³/mol. The lowest BCUT2D eigenvalue weighted by Gasteiger charge is -2.20. The van der Waals surface area contributed by atoms with Crippen LogP contribution in [0.3, 0.4) is 0 Å². The molecule has 0 atom stereocenters. The first kappa shape index (κ1) is 20.1. The van der Waals surface area contributed by atoms with Crippen molar-refractivity contribution >= 4 is 17.4 Å². The van der Waals surface area contributed by atoms with Crippen molar-refractivity contribution in [2.24, 2.45) is 0 Å². The van der Waals surface area contributed by atoms with Gasteiger partial charge in [-0.25, -0.2) is 4.39 Å². The highest BCUT2D eigenvalue weighted by molar-refractivity contribution is 6.13. The van der Waals surface area contributed by atoms with Crippen LogP contribution in [-0.2, 0) is 6.42 Å². The molecule has 1 aliphatic rings. The number of anilines is 1. The second-order valence-corrected chi connectivity index (χ2v) is 7.96. The number of ether oxygens (including phenoxy) is 1. The minimum absolute atomic E-state index is 0.0329. The van der Waals surface area contributed by atoms with Crippen LogP contribution in [0, 0.1) is 5.82 Å². The number of hydrogen-bond donors (Lipinski definition) is 3. The summed E-state index contributed by atoms with van der Waals surface area (Å²) in [5.41, 5.74) is 1.82. The molecule has 0 bridgehead atoms. The molecule has 2 aromatic rings. The van der Waals surface area contributed by atoms with E-state index >= 15 is 0 Å². The largest absolute Gasteiger partial charge is 0.489 e. The summed E-state index contributed by atoms with van der Waals surface area (Å²) in [5, 5.41) is 5.91. The third kappa shape index (κ3) is 4.78. The van der Waals surface area contributed by atoms with Crippen molar-refractivity contribution in [3.05, 3.63) is 47.0 Å². The van der Waals surface area contributed by atoms with Crippen molar-refractivity contribution in [1.82, 2.24) is 10.3 Å². The highest BCUT2D eigenvalue weighted by atomic mass is 19.1. The summed E-state index contributed by atoms with van der Waals surface area (Å²) < 4.78 is 19.7. The summed E-state index contributed by atoms with van der Waals surface area (Å²) in [6, 6.07) is 4.28. The third-order valence-corrected chi connectivity index (χ3v) is 4.52. The molecule has 150 valence electrons. The van der Waals surface area contributed by atoms with E-state index in [4.69, 9.17) is 4.74 Å². The quantitative estimate of drug-likeness (QED) is 0.660. The van der Waals surface area contributed by atoms with E-state index in [-0.39, 0.29) is 17.1 Å². The maximum absolute atomic E-state index is 14.3. The standard InChI is InChI=1S/C21H26FN3O3/c1-21(2,3)24-9-10-28-18-8-7-13(11-15(18)22)25-20(27)14-12-23-16-5-4-6-17(26)19(14)16/h7-8,11-12,23-24H,4-6,9-10H2,1-3H3,(H,25,27). The summed E-state index contributed by atoms with van der Waals surface area (Å²) in [4.78, 5) is 27.7. The molecule has 0 unspecified atom stereocenters. The highest BCUT2D eigenvalue weighted by Gasteiger charge is 2.26. The van der Waals surface area contributed by atoms with E-state index in [0.29, 0.717) is 36.4 Å². The van der Waals surface area contributed by atoms with Crippen molar-refractivity contribution in [2.75, 3.05) is 18.5 Å². The summed E-state index contributed by atoms with van der Waals surface area (Å²) in [6.45, 7) is 7.05. The van der Waals surface area contributed by atoms with Gasteiger partial charge in [-0.15, -0.1) is 0 Å². The van der Waals surface area contributed by atoms with Crippen molar-refractivity contribution in [1.29, 1.82) is 0 Å². The Labute approximate surface area is 163 Å². The number of aryl methyl sites for hydroxylation is 1. The van der Waals surface area contributed by atoms with Gasteiger partial charge in [-0.2, -0.15) is 0 Å². The number of nitrogens with one attached hydrogen (secondary N) is 3. The van der Waals surface area contributed by atoms with E-state index in [1.54, 1.807) is 12.3 Å². The van der Waals surface area contributed by atoms with E-state index in [9.17, 15) is 14.0 Å². The SMILES string of the molecule is CC(C)(C)NCCOc1ccc(NC(=O)c2c[nH]c3c2C(=O)CCC3)cc1F. The number of ketones is 1. The maximum atomic E-state index is 14.3. The zero-order chi connectivity index (χ0) is 20.3. The molecule has 1 aliphatic carbocycles. The van der Waals surface area contributed by atoms with Crippen LogP contribution in [0.2, 0.25) is 0 Å². The van der Waals surface area contributed by atoms with Crippen molar-refractivity contribution in [3.63, 3.8) is 0 Å². The Morgan fingerprint density at radius 3 is 2.79 bits per heavy atom. The molecule has 0 saturated heterocycles. The van der Waals surface area contributed by atoms with Gasteiger partial charge in [0.05, 0.1) is 11.1 Å². The highest BCUT2D eigenvalue weighted by Crippen LogP contribution is 2.26. The molecule has 0 aliphatic heterocycles. The second kappa shape index (κ2) is 8.14. The van der Waals surface area contributed by atoms with Crippen LogP contribution < -0.4 is 15.4 Å². The van der Waals surface area contributed by atoms with Crippen LogP contribution >= 0.6 is 0 Å². The number of fused-ring (bicyclic) bond motifs is 1. The van der Waals surface area contributed by atoms with Crippen molar-refractivity contribution in [3.8, 4) is 5.75 Å². The molecule has 1 aromatic carbocycles. The van der Waals surface area contributed by atoms with Gasteiger partial charge in [-0.1, -0.05) is 0 Å². The van der Waals surface area contributed by atoms with E-state index in [2.05, 4.69) is 15.6 Å². The summed E-state index contributed by atoms with van der Waals surface area (Å²) in [5.74, 6) is -0.898. The fraction of sp³-hybridized carbons (Fsp3) is 0.429. The van der Waals surface area contributed by atoms with Gasteiger partial charge < -0.3 is 20.4 Å². The van der Waals surface area contributed by atoms with Crippen LogP contribution in [0.25, 0.3) is 0 Å². The minimum Gasteiger partial charge on any atom is -0.489 e. The van der Waals surface area contributed by atoms with Crippen LogP contribution in [0.5, 0.6) is 5.75 Å². The predicted octanol–water partition coefficient (Wildman–Crippen LogP) is 3.69. The lowest BCUT2D eigenvalue weighted by Crippen LogP contribution is -2.38. The lowest BCUT2D eigenvalue weighted by atomic mass is 9.93. The number of halogens is 1. The van der Waals surface area contributed by atoms with E-state index in [1.165, 1.54) is 12.1 Å². The molecule has 1 amide bonds. The molecule has 3 N–H and O–H groups in total. The number of H-pyrrole nitrogens is 1. The number of aromatic nitrogens is 1. The Bertz CT molecular complexity index is 884. The van der Waals surface area contributed by atoms with Gasteiger partial charge in [0.25, 0.3) is 5.91 Å². The fourth-order valence-electron chi connectivity index (χ4n) is 3.19. The number of aromatic amines is 1. The van der Waals surface area contributed by atoms with Gasteiger partial charge in [-0.05, 0) is 45.7 Å². The Hall–Kier alpha value is -2.67. The van der Waals surface area contributed by atoms with Crippen LogP contribution in [0.4, 0.5) is 10.1 Å². The first-order chi connectivity index (χ1) is 13.2. The monoisotopic (exact) mass is 387 g/mol. The summed E-state index contributed by atoms with van der Waals surface area (Å²) in [7, 11) is 0. The molecular formula is C21H26FN3O3. The Kier molecular flexibility index (Phi) is 5.84. The molecule has 0 radical (unpaired) electrons. The van der Waals surface area contributed by atoms with Crippen LogP contribution in [0.1, 0.15) is 60.0 Å². The lowest BCUT2D eigenvalue weighted by molar-refractivity contribution is 0.0956. The van der Waals surface area contributed by atoms with Gasteiger partial charge in [0, 0.05) is 42.1 Å². The van der Waals surface area contributed by atoms with E-state index in [0.717, 1.165) is 18.5 Å². The van der Waals surface area contributed by atoms with E-state index in [1.807, 2.05) is 20.8 Å². The van der Waals surface area contributed by atoms with Gasteiger partial charge >= 0.3 is 0 Å². The number of Topliss-reactive ketones (excluding diaryl/α,β-unsaturated/α-hetero) is 1. The van der Waals surface area contributed by atoms with Crippen molar-refractivity contribution in [2.45, 2.75) is 45.6 Å². The fourth-order valence-corrected chi connectivity index (χ4v) is 3.19. The average Bonchev–Trinajstić information content (AvgIpc) is 3.05. The molecule has 7 heteroatoms.